The Kier molecular flexibility index (Phi) is 15.0. The van der Waals surface area contributed by atoms with Crippen LogP contribution >= 0.6 is 0 Å². The van der Waals surface area contributed by atoms with Gasteiger partial charge in [0.15, 0.2) is 23.1 Å². The number of hydrogen-bond donors (Lipinski definition) is 5. The number of aromatic nitrogens is 7. The molecule has 0 aliphatic carbocycles. The Bertz CT molecular complexity index is 3230. The Morgan fingerprint density at radius 3 is 2.40 bits per heavy atom. The van der Waals surface area contributed by atoms with Crippen molar-refractivity contribution in [3.8, 4) is 45.8 Å². The van der Waals surface area contributed by atoms with E-state index in [9.17, 15) is 29.4 Å². The maximum atomic E-state index is 13.3. The molecule has 3 aromatic heterocycles. The van der Waals surface area contributed by atoms with Gasteiger partial charge < -0.3 is 45.7 Å². The third kappa shape index (κ3) is 10.8. The lowest BCUT2D eigenvalue weighted by Gasteiger charge is -2.18. The number of hydrogen-bond acceptors (Lipinski definition) is 16. The van der Waals surface area contributed by atoms with Crippen LogP contribution in [0.1, 0.15) is 88.4 Å². The van der Waals surface area contributed by atoms with Crippen LogP contribution in [0, 0.1) is 0 Å². The smallest absolute Gasteiger partial charge is 0.414 e. The molecule has 0 spiro atoms. The van der Waals surface area contributed by atoms with Crippen LogP contribution in [0.4, 0.5) is 16.6 Å². The third-order valence-corrected chi connectivity index (χ3v) is 11.9. The maximum Gasteiger partial charge on any atom is 0.414 e. The molecule has 0 atom stereocenters. The molecule has 3 amide bonds. The van der Waals surface area contributed by atoms with Crippen LogP contribution in [0.5, 0.6) is 28.7 Å². The zero-order valence-corrected chi connectivity index (χ0v) is 40.4. The van der Waals surface area contributed by atoms with Crippen molar-refractivity contribution < 1.29 is 43.6 Å². The SMILES string of the molecule is CCNC(=O)c1nnc(-c2cc(C(C)C)c(O)cc2O)n1-c1ccc(C(=O)CCCc2ccc(OC(=O)N(C)CCCOc3ccc4c5n(c(=NC(=O)c6cnc(N)nc6)nc4c3OC)CCN5)cc2)cc1. The second-order valence-corrected chi connectivity index (χ2v) is 17.2. The second kappa shape index (κ2) is 21.8. The minimum absolute atomic E-state index is 0.00806. The molecule has 7 aromatic rings. The average molecular weight is 979 g/mol. The molecule has 0 radical (unpaired) electrons. The van der Waals surface area contributed by atoms with E-state index in [1.165, 1.54) is 35.0 Å². The monoisotopic (exact) mass is 978 g/mol. The van der Waals surface area contributed by atoms with Crippen molar-refractivity contribution in [2.75, 3.05) is 51.4 Å². The highest BCUT2D eigenvalue weighted by Crippen LogP contribution is 2.39. The van der Waals surface area contributed by atoms with Crippen molar-refractivity contribution in [3.63, 3.8) is 0 Å². The highest BCUT2D eigenvalue weighted by atomic mass is 16.6. The zero-order valence-electron chi connectivity index (χ0n) is 40.4. The third-order valence-electron chi connectivity index (χ3n) is 11.9. The van der Waals surface area contributed by atoms with E-state index in [4.69, 9.17) is 24.9 Å². The van der Waals surface area contributed by atoms with Gasteiger partial charge in [0.1, 0.15) is 28.6 Å². The molecule has 8 rings (SSSR count). The minimum Gasteiger partial charge on any atom is -0.508 e. The lowest BCUT2D eigenvalue weighted by atomic mass is 9.98. The molecule has 4 heterocycles. The maximum absolute atomic E-state index is 13.3. The molecule has 72 heavy (non-hydrogen) atoms. The Morgan fingerprint density at radius 1 is 0.944 bits per heavy atom. The Labute approximate surface area is 413 Å². The van der Waals surface area contributed by atoms with Crippen molar-refractivity contribution in [3.05, 3.63) is 119 Å². The number of nitrogen functional groups attached to an aromatic ring is 1. The van der Waals surface area contributed by atoms with Gasteiger partial charge in [-0.25, -0.2) is 19.7 Å². The number of carbonyl (C=O) groups excluding carboxylic acids is 4. The predicted octanol–water partition coefficient (Wildman–Crippen LogP) is 6.22. The van der Waals surface area contributed by atoms with Gasteiger partial charge in [-0.1, -0.05) is 26.0 Å². The van der Waals surface area contributed by atoms with Gasteiger partial charge in [-0.2, -0.15) is 4.99 Å². The fourth-order valence-electron chi connectivity index (χ4n) is 8.15. The predicted molar refractivity (Wildman–Crippen MR) is 266 cm³/mol. The summed E-state index contributed by atoms with van der Waals surface area (Å²) >= 11 is 0. The van der Waals surface area contributed by atoms with Crippen molar-refractivity contribution in [2.24, 2.45) is 4.99 Å². The van der Waals surface area contributed by atoms with Crippen molar-refractivity contribution in [1.82, 2.24) is 44.5 Å². The van der Waals surface area contributed by atoms with Crippen molar-refractivity contribution >= 4 is 46.4 Å². The number of benzene rings is 4. The molecule has 0 saturated heterocycles. The molecule has 1 aliphatic rings. The first kappa shape index (κ1) is 49.5. The van der Waals surface area contributed by atoms with Gasteiger partial charge >= 0.3 is 6.09 Å². The van der Waals surface area contributed by atoms with Gasteiger partial charge in [0, 0.05) is 74.7 Å². The molecule has 0 unspecified atom stereocenters. The van der Waals surface area contributed by atoms with Gasteiger partial charge in [0.25, 0.3) is 11.8 Å². The van der Waals surface area contributed by atoms with Gasteiger partial charge in [-0.05, 0) is 97.8 Å². The molecule has 372 valence electrons. The largest absolute Gasteiger partial charge is 0.508 e. The van der Waals surface area contributed by atoms with E-state index in [0.717, 1.165) is 16.8 Å². The number of fused-ring (bicyclic) bond motifs is 3. The van der Waals surface area contributed by atoms with Crippen LogP contribution in [0.15, 0.2) is 90.2 Å². The summed E-state index contributed by atoms with van der Waals surface area (Å²) in [5.41, 5.74) is 9.18. The number of aryl methyl sites for hydroxylation is 1. The number of ketones is 1. The summed E-state index contributed by atoms with van der Waals surface area (Å²) in [5.74, 6) is 0.660. The second-order valence-electron chi connectivity index (χ2n) is 17.2. The summed E-state index contributed by atoms with van der Waals surface area (Å²) in [5, 5.41) is 36.5. The minimum atomic E-state index is -0.577. The van der Waals surface area contributed by atoms with Gasteiger partial charge in [-0.3, -0.25) is 23.5 Å². The van der Waals surface area contributed by atoms with Crippen LogP contribution in [-0.4, -0.2) is 113 Å². The lowest BCUT2D eigenvalue weighted by Crippen LogP contribution is -2.31. The zero-order chi connectivity index (χ0) is 51.1. The van der Waals surface area contributed by atoms with Crippen LogP contribution in [0.3, 0.4) is 0 Å². The highest BCUT2D eigenvalue weighted by Gasteiger charge is 2.25. The summed E-state index contributed by atoms with van der Waals surface area (Å²) in [6.07, 6.45) is 4.00. The number of amides is 3. The summed E-state index contributed by atoms with van der Waals surface area (Å²) < 4.78 is 20.8. The number of phenolic OH excluding ortho intramolecular Hbond substituents is 2. The topological polar surface area (TPSA) is 276 Å². The molecule has 21 nitrogen and oxygen atoms in total. The molecule has 1 aliphatic heterocycles. The number of phenols is 2. The van der Waals surface area contributed by atoms with Crippen LogP contribution in [0.25, 0.3) is 28.0 Å². The normalized spacial score (nSPS) is 12.1. The molecule has 0 fully saturated rings. The fraction of sp³-hybridized carbons (Fsp3) is 0.294. The molecular weight excluding hydrogens is 925 g/mol. The first-order valence-corrected chi connectivity index (χ1v) is 23.3. The summed E-state index contributed by atoms with van der Waals surface area (Å²) in [6, 6.07) is 20.4. The number of rotatable bonds is 18. The summed E-state index contributed by atoms with van der Waals surface area (Å²) in [7, 11) is 3.14. The Morgan fingerprint density at radius 2 is 1.69 bits per heavy atom. The van der Waals surface area contributed by atoms with E-state index < -0.39 is 17.9 Å². The number of carbonyl (C=O) groups is 4. The van der Waals surface area contributed by atoms with E-state index in [2.05, 4.69) is 35.8 Å². The van der Waals surface area contributed by atoms with E-state index in [1.54, 1.807) is 62.5 Å². The van der Waals surface area contributed by atoms with Crippen LogP contribution < -0.4 is 36.2 Å². The molecule has 6 N–H and O–H groups in total. The summed E-state index contributed by atoms with van der Waals surface area (Å²) in [4.78, 5) is 70.6. The van der Waals surface area contributed by atoms with Crippen molar-refractivity contribution in [1.29, 1.82) is 0 Å². The Hall–Kier alpha value is -8.88. The molecule has 4 aromatic carbocycles. The number of Topliss-reactive ketones (excluding diaryl/α,β-unsaturated/α-hetero) is 1. The van der Waals surface area contributed by atoms with Crippen LogP contribution in [0.2, 0.25) is 0 Å². The number of methoxy groups -OCH3 is 1. The molecule has 21 heteroatoms. The Balaban J connectivity index is 0.826. The first-order valence-electron chi connectivity index (χ1n) is 23.3. The number of nitrogens with one attached hydrogen (secondary N) is 2. The van der Waals surface area contributed by atoms with E-state index in [-0.39, 0.29) is 70.6 Å². The van der Waals surface area contributed by atoms with Gasteiger partial charge in [0.2, 0.25) is 17.4 Å². The average Bonchev–Trinajstić information content (AvgIpc) is 4.05. The first-order chi connectivity index (χ1) is 34.7. The number of aromatic hydroxyl groups is 2. The molecule has 0 bridgehead atoms. The van der Waals surface area contributed by atoms with Crippen LogP contribution in [-0.2, 0) is 13.0 Å². The number of ether oxygens (including phenoxy) is 3. The molecule has 0 saturated carbocycles. The number of anilines is 2. The van der Waals surface area contributed by atoms with Crippen molar-refractivity contribution in [2.45, 2.75) is 58.9 Å². The van der Waals surface area contributed by atoms with Gasteiger partial charge in [0.05, 0.1) is 24.8 Å². The quantitative estimate of drug-likeness (QED) is 0.0471. The van der Waals surface area contributed by atoms with Gasteiger partial charge in [-0.15, -0.1) is 10.2 Å². The lowest BCUT2D eigenvalue weighted by molar-refractivity contribution is 0.0940. The summed E-state index contributed by atoms with van der Waals surface area (Å²) in [6.45, 7) is 7.69. The number of nitrogens with two attached hydrogens (primary N) is 1. The van der Waals surface area contributed by atoms with E-state index in [0.29, 0.717) is 85.0 Å². The number of nitrogens with zero attached hydrogens (tertiary/aromatic N) is 9. The highest BCUT2D eigenvalue weighted by molar-refractivity contribution is 5.97. The standard InChI is InChI=1S/C51H54N12O9/c1-6-53-48(68)46-60-59-45(37-25-36(29(2)3)39(65)26-40(37)66)63(46)33-15-13-31(14-16-33)38(64)10-7-9-30-11-17-34(18-12-30)72-51(69)61(4)22-8-24-71-41-20-19-35-42(43(41)70-5)57-50(62-23-21-54-44(35)62)58-47(67)32-27-55-49(52)56-28-32/h11-20,25-29,54,65-66H,6-10,21-24H2,1-5H3,(H,53,68)(H2,52,55,56). The molecular formula is C51H54N12O9. The van der Waals surface area contributed by atoms with E-state index in [1.807, 2.05) is 36.6 Å². The fourth-order valence-corrected chi connectivity index (χ4v) is 8.15. The van der Waals surface area contributed by atoms with E-state index >= 15 is 0 Å².